The Labute approximate surface area is 133 Å². The monoisotopic (exact) mass is 391 g/mol. The summed E-state index contributed by atoms with van der Waals surface area (Å²) in [6.45, 7) is 6.17. The van der Waals surface area contributed by atoms with Gasteiger partial charge in [0.1, 0.15) is 0 Å². The van der Waals surface area contributed by atoms with Crippen LogP contribution in [-0.2, 0) is 10.1 Å². The van der Waals surface area contributed by atoms with Crippen LogP contribution in [0.4, 0.5) is 5.69 Å². The van der Waals surface area contributed by atoms with Crippen LogP contribution >= 0.6 is 31.9 Å². The van der Waals surface area contributed by atoms with Gasteiger partial charge >= 0.3 is 0 Å². The summed E-state index contributed by atoms with van der Waals surface area (Å²) in [6, 6.07) is 7.12. The Hall–Kier alpha value is -0.0600. The third-order valence-electron chi connectivity index (χ3n) is 3.40. The molecule has 0 unspecified atom stereocenters. The molecule has 0 radical (unpaired) electrons. The second kappa shape index (κ2) is 8.98. The van der Waals surface area contributed by atoms with E-state index in [2.05, 4.69) is 68.8 Å². The molecule has 0 aliphatic carbocycles. The molecule has 1 aromatic carbocycles. The van der Waals surface area contributed by atoms with Crippen molar-refractivity contribution in [1.29, 1.82) is 0 Å². The van der Waals surface area contributed by atoms with Crippen molar-refractivity contribution >= 4 is 37.5 Å². The van der Waals surface area contributed by atoms with Crippen molar-refractivity contribution in [1.82, 2.24) is 0 Å². The van der Waals surface area contributed by atoms with Crippen LogP contribution in [-0.4, -0.2) is 26.3 Å². The quantitative estimate of drug-likeness (QED) is 0.578. The molecule has 0 atom stereocenters. The van der Waals surface area contributed by atoms with Gasteiger partial charge in [0, 0.05) is 29.5 Å². The SMILES string of the molecule is CCC(CC)N(CCOC)c1ccc(CBr)cc1Br. The number of alkyl halides is 1. The van der Waals surface area contributed by atoms with Gasteiger partial charge in [-0.05, 0) is 46.5 Å². The minimum atomic E-state index is 0.557. The van der Waals surface area contributed by atoms with Crippen LogP contribution in [0.25, 0.3) is 0 Å². The molecule has 1 rings (SSSR count). The number of ether oxygens (including phenoxy) is 1. The Balaban J connectivity index is 3.01. The highest BCUT2D eigenvalue weighted by Gasteiger charge is 2.17. The predicted molar refractivity (Wildman–Crippen MR) is 90.4 cm³/mol. The van der Waals surface area contributed by atoms with Crippen molar-refractivity contribution in [3.05, 3.63) is 28.2 Å². The Kier molecular flexibility index (Phi) is 8.03. The number of hydrogen-bond acceptors (Lipinski definition) is 2. The van der Waals surface area contributed by atoms with Gasteiger partial charge in [0.05, 0.1) is 12.3 Å². The fraction of sp³-hybridized carbons (Fsp3) is 0.600. The summed E-state index contributed by atoms with van der Waals surface area (Å²) in [6.07, 6.45) is 2.29. The minimum absolute atomic E-state index is 0.557. The summed E-state index contributed by atoms with van der Waals surface area (Å²) in [7, 11) is 1.76. The number of methoxy groups -OCH3 is 1. The number of benzene rings is 1. The Morgan fingerprint density at radius 1 is 1.26 bits per heavy atom. The highest BCUT2D eigenvalue weighted by molar-refractivity contribution is 9.10. The van der Waals surface area contributed by atoms with E-state index in [0.717, 1.165) is 35.8 Å². The molecule has 0 heterocycles. The van der Waals surface area contributed by atoms with Gasteiger partial charge in [-0.1, -0.05) is 35.8 Å². The van der Waals surface area contributed by atoms with Crippen molar-refractivity contribution < 1.29 is 4.74 Å². The normalized spacial score (nSPS) is 11.1. The summed E-state index contributed by atoms with van der Waals surface area (Å²) in [5.41, 5.74) is 2.54. The molecule has 108 valence electrons. The average molecular weight is 393 g/mol. The van der Waals surface area contributed by atoms with E-state index in [4.69, 9.17) is 4.74 Å². The molecule has 0 saturated heterocycles. The van der Waals surface area contributed by atoms with Crippen molar-refractivity contribution in [2.24, 2.45) is 0 Å². The van der Waals surface area contributed by atoms with E-state index < -0.39 is 0 Å². The first-order chi connectivity index (χ1) is 9.17. The summed E-state index contributed by atoms with van der Waals surface area (Å²) in [5, 5.41) is 0.884. The molecule has 0 bridgehead atoms. The zero-order valence-corrected chi connectivity index (χ0v) is 15.1. The number of halogens is 2. The molecule has 0 saturated carbocycles. The van der Waals surface area contributed by atoms with E-state index in [9.17, 15) is 0 Å². The molecule has 0 N–H and O–H groups in total. The third kappa shape index (κ3) is 4.76. The maximum absolute atomic E-state index is 5.25. The number of rotatable bonds is 8. The molecule has 0 aliphatic heterocycles. The first-order valence-corrected chi connectivity index (χ1v) is 8.69. The second-order valence-corrected chi connectivity index (χ2v) is 5.99. The number of anilines is 1. The van der Waals surface area contributed by atoms with Gasteiger partial charge in [0.25, 0.3) is 0 Å². The average Bonchev–Trinajstić information content (AvgIpc) is 2.44. The van der Waals surface area contributed by atoms with Crippen molar-refractivity contribution in [2.45, 2.75) is 38.1 Å². The van der Waals surface area contributed by atoms with Crippen LogP contribution in [0.3, 0.4) is 0 Å². The predicted octanol–water partition coefficient (Wildman–Crippen LogP) is 4.99. The summed E-state index contributed by atoms with van der Waals surface area (Å²) >= 11 is 7.20. The molecule has 0 fully saturated rings. The lowest BCUT2D eigenvalue weighted by molar-refractivity contribution is 0.202. The molecule has 1 aromatic rings. The highest BCUT2D eigenvalue weighted by Crippen LogP contribution is 2.30. The van der Waals surface area contributed by atoms with E-state index in [0.29, 0.717) is 6.04 Å². The lowest BCUT2D eigenvalue weighted by atomic mass is 10.1. The molecule has 19 heavy (non-hydrogen) atoms. The van der Waals surface area contributed by atoms with Gasteiger partial charge in [0.2, 0.25) is 0 Å². The zero-order chi connectivity index (χ0) is 14.3. The second-order valence-electron chi connectivity index (χ2n) is 4.58. The van der Waals surface area contributed by atoms with Gasteiger partial charge < -0.3 is 9.64 Å². The standard InChI is InChI=1S/C15H23Br2NO/c1-4-13(5-2)18(8-9-19-3)15-7-6-12(11-16)10-14(15)17/h6-7,10,13H,4-5,8-9,11H2,1-3H3. The van der Waals surface area contributed by atoms with Gasteiger partial charge in [-0.2, -0.15) is 0 Å². The fourth-order valence-corrected chi connectivity index (χ4v) is 3.29. The molecular weight excluding hydrogens is 370 g/mol. The van der Waals surface area contributed by atoms with Crippen LogP contribution < -0.4 is 4.90 Å². The van der Waals surface area contributed by atoms with Crippen LogP contribution in [0.1, 0.15) is 32.3 Å². The molecule has 4 heteroatoms. The minimum Gasteiger partial charge on any atom is -0.383 e. The van der Waals surface area contributed by atoms with E-state index in [-0.39, 0.29) is 0 Å². The fourth-order valence-electron chi connectivity index (χ4n) is 2.29. The van der Waals surface area contributed by atoms with Gasteiger partial charge in [-0.15, -0.1) is 0 Å². The maximum Gasteiger partial charge on any atom is 0.0637 e. The molecule has 2 nitrogen and oxygen atoms in total. The molecule has 0 spiro atoms. The number of nitrogens with zero attached hydrogens (tertiary/aromatic N) is 1. The van der Waals surface area contributed by atoms with Gasteiger partial charge in [0.15, 0.2) is 0 Å². The third-order valence-corrected chi connectivity index (χ3v) is 4.68. The molecule has 0 amide bonds. The number of hydrogen-bond donors (Lipinski definition) is 0. The van der Waals surface area contributed by atoms with Crippen LogP contribution in [0.5, 0.6) is 0 Å². The molecular formula is C15H23Br2NO. The first kappa shape index (κ1) is 17.0. The topological polar surface area (TPSA) is 12.5 Å². The Bertz CT molecular complexity index is 380. The van der Waals surface area contributed by atoms with E-state index in [1.54, 1.807) is 7.11 Å². The smallest absolute Gasteiger partial charge is 0.0637 e. The first-order valence-electron chi connectivity index (χ1n) is 6.77. The van der Waals surface area contributed by atoms with E-state index in [1.807, 2.05) is 0 Å². The lowest BCUT2D eigenvalue weighted by Crippen LogP contribution is -2.37. The van der Waals surface area contributed by atoms with Crippen molar-refractivity contribution in [3.8, 4) is 0 Å². The highest BCUT2D eigenvalue weighted by atomic mass is 79.9. The molecule has 0 aromatic heterocycles. The Morgan fingerprint density at radius 3 is 2.42 bits per heavy atom. The van der Waals surface area contributed by atoms with Gasteiger partial charge in [-0.25, -0.2) is 0 Å². The maximum atomic E-state index is 5.25. The zero-order valence-electron chi connectivity index (χ0n) is 12.0. The summed E-state index contributed by atoms with van der Waals surface area (Å²) in [5.74, 6) is 0. The van der Waals surface area contributed by atoms with Crippen LogP contribution in [0.2, 0.25) is 0 Å². The van der Waals surface area contributed by atoms with Crippen LogP contribution in [0.15, 0.2) is 22.7 Å². The summed E-state index contributed by atoms with van der Waals surface area (Å²) < 4.78 is 6.41. The van der Waals surface area contributed by atoms with Crippen molar-refractivity contribution in [3.63, 3.8) is 0 Å². The van der Waals surface area contributed by atoms with Gasteiger partial charge in [-0.3, -0.25) is 0 Å². The largest absolute Gasteiger partial charge is 0.383 e. The van der Waals surface area contributed by atoms with Crippen LogP contribution in [0, 0.1) is 0 Å². The molecule has 0 aliphatic rings. The van der Waals surface area contributed by atoms with Crippen molar-refractivity contribution in [2.75, 3.05) is 25.2 Å². The van der Waals surface area contributed by atoms with E-state index in [1.165, 1.54) is 11.3 Å². The summed E-state index contributed by atoms with van der Waals surface area (Å²) in [4.78, 5) is 2.45. The lowest BCUT2D eigenvalue weighted by Gasteiger charge is -2.33. The van der Waals surface area contributed by atoms with E-state index >= 15 is 0 Å². The Morgan fingerprint density at radius 2 is 1.95 bits per heavy atom.